The lowest BCUT2D eigenvalue weighted by Gasteiger charge is -2.29. The highest BCUT2D eigenvalue weighted by atomic mass is 35.5. The molecular weight excluding hydrogens is 742 g/mol. The molecule has 0 radical (unpaired) electrons. The number of aromatic nitrogens is 3. The zero-order valence-corrected chi connectivity index (χ0v) is 31.7. The van der Waals surface area contributed by atoms with Gasteiger partial charge in [0.05, 0.1) is 74.5 Å². The van der Waals surface area contributed by atoms with Crippen molar-refractivity contribution in [2.24, 2.45) is 7.05 Å². The van der Waals surface area contributed by atoms with E-state index in [2.05, 4.69) is 44.6 Å². The fourth-order valence-corrected chi connectivity index (χ4v) is 7.03. The molecule has 5 aromatic rings. The predicted octanol–water partition coefficient (Wildman–Crippen LogP) is 5.35. The number of benzene rings is 2. The van der Waals surface area contributed by atoms with E-state index < -0.39 is 23.8 Å². The Hall–Kier alpha value is -5.38. The van der Waals surface area contributed by atoms with Crippen LogP contribution in [0.5, 0.6) is 11.6 Å². The number of hydrogen-bond acceptors (Lipinski definition) is 11. The summed E-state index contributed by atoms with van der Waals surface area (Å²) in [6.45, 7) is 7.54. The van der Waals surface area contributed by atoms with Crippen LogP contribution in [0.4, 0.5) is 0 Å². The number of carbonyl (C=O) groups excluding carboxylic acids is 3. The van der Waals surface area contributed by atoms with E-state index >= 15 is 0 Å². The van der Waals surface area contributed by atoms with Crippen molar-refractivity contribution >= 4 is 51.1 Å². The van der Waals surface area contributed by atoms with Crippen LogP contribution in [0.2, 0.25) is 5.02 Å². The highest BCUT2D eigenvalue weighted by Gasteiger charge is 2.44. The Balaban J connectivity index is 0.698. The van der Waals surface area contributed by atoms with E-state index in [9.17, 15) is 14.4 Å². The summed E-state index contributed by atoms with van der Waals surface area (Å²) in [7, 11) is 2.00. The number of carbonyl (C=O) groups is 3. The Morgan fingerprint density at radius 3 is 2.09 bits per heavy atom. The molecular formula is C41H42ClN5O9. The van der Waals surface area contributed by atoms with Gasteiger partial charge < -0.3 is 38.3 Å². The number of nitrogens with one attached hydrogen (secondary N) is 1. The average molecular weight is 784 g/mol. The van der Waals surface area contributed by atoms with Crippen molar-refractivity contribution in [3.63, 3.8) is 0 Å². The van der Waals surface area contributed by atoms with Gasteiger partial charge in [-0.3, -0.25) is 24.3 Å². The second-order valence-corrected chi connectivity index (χ2v) is 13.6. The lowest BCUT2D eigenvalue weighted by atomic mass is 10.0. The molecule has 1 N–H and O–H groups in total. The summed E-state index contributed by atoms with van der Waals surface area (Å²) >= 11 is 6.42. The van der Waals surface area contributed by atoms with Gasteiger partial charge in [0.1, 0.15) is 25.0 Å². The van der Waals surface area contributed by atoms with Crippen LogP contribution in [0.1, 0.15) is 33.6 Å². The van der Waals surface area contributed by atoms with E-state index in [0.717, 1.165) is 37.8 Å². The lowest BCUT2D eigenvalue weighted by Crippen LogP contribution is -2.51. The third kappa shape index (κ3) is 8.69. The molecule has 14 nitrogen and oxygen atoms in total. The lowest BCUT2D eigenvalue weighted by molar-refractivity contribution is -0.125. The van der Waals surface area contributed by atoms with E-state index in [1.165, 1.54) is 6.07 Å². The quantitative estimate of drug-likeness (QED) is 0.0852. The van der Waals surface area contributed by atoms with Gasteiger partial charge in [-0.05, 0) is 48.7 Å². The van der Waals surface area contributed by atoms with Gasteiger partial charge in [0.25, 0.3) is 11.8 Å². The second-order valence-electron chi connectivity index (χ2n) is 13.2. The molecule has 7 rings (SSSR count). The maximum atomic E-state index is 13.0. The number of hydrogen-bond donors (Lipinski definition) is 1. The van der Waals surface area contributed by atoms with E-state index in [1.54, 1.807) is 24.5 Å². The maximum Gasteiger partial charge on any atom is 0.262 e. The van der Waals surface area contributed by atoms with E-state index in [1.807, 2.05) is 25.4 Å². The number of ether oxygens (including phenoxy) is 6. The van der Waals surface area contributed by atoms with Gasteiger partial charge in [-0.2, -0.15) is 0 Å². The summed E-state index contributed by atoms with van der Waals surface area (Å²) in [5, 5.41) is 5.37. The number of pyridine rings is 2. The topological polar surface area (TPSA) is 153 Å². The second kappa shape index (κ2) is 18.0. The molecule has 1 fully saturated rings. The van der Waals surface area contributed by atoms with Crippen molar-refractivity contribution in [3.05, 3.63) is 95.5 Å². The third-order valence-electron chi connectivity index (χ3n) is 9.54. The Morgan fingerprint density at radius 2 is 1.41 bits per heavy atom. The van der Waals surface area contributed by atoms with Gasteiger partial charge in [0.15, 0.2) is 0 Å². The highest BCUT2D eigenvalue weighted by Crippen LogP contribution is 2.35. The fraction of sp³-hybridized carbons (Fsp3) is 0.341. The Morgan fingerprint density at radius 1 is 0.750 bits per heavy atom. The summed E-state index contributed by atoms with van der Waals surface area (Å²) in [6, 6.07) is 14.0. The number of amides is 3. The fourth-order valence-electron chi connectivity index (χ4n) is 6.74. The molecule has 1 atom stereocenters. The highest BCUT2D eigenvalue weighted by molar-refractivity contribution is 6.36. The molecule has 0 bridgehead atoms. The van der Waals surface area contributed by atoms with Crippen molar-refractivity contribution in [1.82, 2.24) is 24.8 Å². The molecule has 2 aromatic carbocycles. The van der Waals surface area contributed by atoms with Gasteiger partial charge >= 0.3 is 0 Å². The smallest absolute Gasteiger partial charge is 0.262 e. The van der Waals surface area contributed by atoms with Crippen LogP contribution in [0.15, 0.2) is 79.4 Å². The molecule has 0 spiro atoms. The number of aryl methyl sites for hydroxylation is 1. The van der Waals surface area contributed by atoms with Crippen molar-refractivity contribution in [3.8, 4) is 22.8 Å². The zero-order chi connectivity index (χ0) is 39.0. The van der Waals surface area contributed by atoms with Crippen molar-refractivity contribution in [2.45, 2.75) is 18.9 Å². The third-order valence-corrected chi connectivity index (χ3v) is 9.82. The first-order valence-corrected chi connectivity index (χ1v) is 18.7. The first kappa shape index (κ1) is 38.9. The summed E-state index contributed by atoms with van der Waals surface area (Å²) < 4.78 is 35.8. The number of imide groups is 1. The Bertz CT molecular complexity index is 2240. The minimum absolute atomic E-state index is 0.218. The molecule has 1 saturated heterocycles. The number of piperidine rings is 1. The molecule has 15 heteroatoms. The van der Waals surface area contributed by atoms with Crippen LogP contribution in [-0.2, 0) is 30.8 Å². The number of allylic oxidation sites excluding steroid dienone is 1. The maximum absolute atomic E-state index is 13.0. The van der Waals surface area contributed by atoms with E-state index in [0.29, 0.717) is 94.7 Å². The van der Waals surface area contributed by atoms with Gasteiger partial charge in [-0.25, -0.2) is 4.98 Å². The number of rotatable bonds is 19. The van der Waals surface area contributed by atoms with Gasteiger partial charge in [-0.1, -0.05) is 30.3 Å². The Kier molecular flexibility index (Phi) is 12.5. The number of halogens is 1. The van der Waals surface area contributed by atoms with E-state index in [4.69, 9.17) is 40.0 Å². The number of fused-ring (bicyclic) bond motifs is 4. The van der Waals surface area contributed by atoms with Crippen LogP contribution in [0, 0.1) is 0 Å². The summed E-state index contributed by atoms with van der Waals surface area (Å²) in [5.41, 5.74) is 5.10. The van der Waals surface area contributed by atoms with Crippen LogP contribution >= 0.6 is 11.6 Å². The minimum Gasteiger partial charge on any atom is -0.491 e. The average Bonchev–Trinajstić information content (AvgIpc) is 3.63. The first-order valence-electron chi connectivity index (χ1n) is 18.4. The monoisotopic (exact) mass is 783 g/mol. The molecule has 3 amide bonds. The van der Waals surface area contributed by atoms with Crippen LogP contribution < -0.4 is 14.8 Å². The molecule has 56 heavy (non-hydrogen) atoms. The Labute approximate surface area is 328 Å². The largest absolute Gasteiger partial charge is 0.491 e. The molecule has 5 heterocycles. The van der Waals surface area contributed by atoms with E-state index in [-0.39, 0.29) is 17.7 Å². The molecule has 292 valence electrons. The minimum atomic E-state index is -0.856. The van der Waals surface area contributed by atoms with Crippen molar-refractivity contribution < 1.29 is 42.8 Å². The molecule has 2 aliphatic rings. The van der Waals surface area contributed by atoms with Gasteiger partial charge in [-0.15, -0.1) is 0 Å². The molecule has 0 aliphatic carbocycles. The predicted molar refractivity (Wildman–Crippen MR) is 208 cm³/mol. The SMILES string of the molecule is C=C1CCC(N2C(=O)c3ccc(OCCOCCOCCOCCOCCOc4ccc(-c5ccc6c7cncc(Cl)c7n(C)c6c5)cn4)cc3C2=O)C(=O)N1. The van der Waals surface area contributed by atoms with Crippen LogP contribution in [0.25, 0.3) is 32.9 Å². The molecule has 3 aromatic heterocycles. The van der Waals surface area contributed by atoms with Crippen LogP contribution in [0.3, 0.4) is 0 Å². The first-order chi connectivity index (χ1) is 27.3. The van der Waals surface area contributed by atoms with Crippen molar-refractivity contribution in [1.29, 1.82) is 0 Å². The molecule has 0 saturated carbocycles. The van der Waals surface area contributed by atoms with Gasteiger partial charge in [0.2, 0.25) is 11.8 Å². The van der Waals surface area contributed by atoms with Crippen molar-refractivity contribution in [2.75, 3.05) is 66.1 Å². The summed E-state index contributed by atoms with van der Waals surface area (Å²) in [4.78, 5) is 48.0. The van der Waals surface area contributed by atoms with Gasteiger partial charge in [0, 0.05) is 59.3 Å². The normalized spacial score (nSPS) is 15.5. The molecule has 2 aliphatic heterocycles. The summed E-state index contributed by atoms with van der Waals surface area (Å²) in [5.74, 6) is -0.440. The standard InChI is InChI=1S/C41H42ClN5O9/c1-26-3-9-35(39(48)45-26)47-40(49)31-8-6-29(22-32(31)41(47)50)55-19-17-53-15-13-51-11-12-52-14-16-54-18-20-56-37-10-5-28(23-44-37)27-4-7-30-33-24-43-25-34(42)38(33)46(2)36(30)21-27/h4-8,10,21-25,35H,1,3,9,11-20H2,2H3,(H,45,48). The zero-order valence-electron chi connectivity index (χ0n) is 31.0. The molecule has 1 unspecified atom stereocenters. The number of nitrogens with zero attached hydrogens (tertiary/aromatic N) is 4. The van der Waals surface area contributed by atoms with Crippen LogP contribution in [-0.4, -0.2) is 109 Å². The summed E-state index contributed by atoms with van der Waals surface area (Å²) in [6.07, 6.45) is 6.15.